The lowest BCUT2D eigenvalue weighted by atomic mass is 10.1. The van der Waals surface area contributed by atoms with Crippen LogP contribution in [0.2, 0.25) is 5.02 Å². The summed E-state index contributed by atoms with van der Waals surface area (Å²) in [6, 6.07) is 9.30. The Labute approximate surface area is 89.7 Å². The Hall–Kier alpha value is -1.44. The largest absolute Gasteiger partial charge is 0.191 e. The number of halogens is 1. The fourth-order valence-electron chi connectivity index (χ4n) is 1.09. The highest BCUT2D eigenvalue weighted by molar-refractivity contribution is 7.06. The van der Waals surface area contributed by atoms with Gasteiger partial charge in [-0.25, -0.2) is 0 Å². The molecule has 1 heterocycles. The van der Waals surface area contributed by atoms with E-state index in [9.17, 15) is 0 Å². The molecule has 14 heavy (non-hydrogen) atoms. The second kappa shape index (κ2) is 3.74. The van der Waals surface area contributed by atoms with Gasteiger partial charge in [0.1, 0.15) is 11.8 Å². The van der Waals surface area contributed by atoms with Crippen LogP contribution in [0.5, 0.6) is 0 Å². The number of hydrogen-bond donors (Lipinski definition) is 0. The van der Waals surface area contributed by atoms with Crippen molar-refractivity contribution in [3.8, 4) is 17.3 Å². The topological polar surface area (TPSA) is 49.6 Å². The number of nitriles is 1. The lowest BCUT2D eigenvalue weighted by Crippen LogP contribution is -1.82. The van der Waals surface area contributed by atoms with Crippen molar-refractivity contribution in [2.75, 3.05) is 0 Å². The molecule has 0 N–H and O–H groups in total. The molecule has 0 bridgehead atoms. The monoisotopic (exact) mass is 221 g/mol. The molecule has 5 heteroatoms. The number of aromatic nitrogens is 2. The first-order chi connectivity index (χ1) is 6.83. The van der Waals surface area contributed by atoms with E-state index in [0.29, 0.717) is 15.6 Å². The van der Waals surface area contributed by atoms with E-state index in [4.69, 9.17) is 16.9 Å². The Morgan fingerprint density at radius 1 is 1.36 bits per heavy atom. The van der Waals surface area contributed by atoms with Gasteiger partial charge in [-0.3, -0.25) is 0 Å². The van der Waals surface area contributed by atoms with Gasteiger partial charge in [0.05, 0.1) is 5.02 Å². The molecule has 0 saturated carbocycles. The number of nitrogens with zero attached hydrogens (tertiary/aromatic N) is 3. The fourth-order valence-corrected chi connectivity index (χ4v) is 1.80. The van der Waals surface area contributed by atoms with E-state index in [1.165, 1.54) is 0 Å². The van der Waals surface area contributed by atoms with Gasteiger partial charge in [0.2, 0.25) is 0 Å². The van der Waals surface area contributed by atoms with Crippen LogP contribution in [0, 0.1) is 11.3 Å². The average Bonchev–Trinajstić information content (AvgIpc) is 2.66. The summed E-state index contributed by atoms with van der Waals surface area (Å²) < 4.78 is 3.72. The first-order valence-corrected chi connectivity index (χ1v) is 4.95. The third-order valence-corrected chi connectivity index (χ3v) is 2.68. The standard InChI is InChI=1S/C9H4ClN3S/c10-7-4-2-1-3-6(7)9-8(5-11)14-13-12-9/h1-4H. The highest BCUT2D eigenvalue weighted by atomic mass is 35.5. The van der Waals surface area contributed by atoms with Crippen LogP contribution >= 0.6 is 23.1 Å². The molecule has 2 rings (SSSR count). The van der Waals surface area contributed by atoms with Crippen LogP contribution in [0.1, 0.15) is 4.88 Å². The van der Waals surface area contributed by atoms with Gasteiger partial charge in [0.25, 0.3) is 0 Å². The van der Waals surface area contributed by atoms with Crippen LogP contribution in [0.3, 0.4) is 0 Å². The molecule has 0 unspecified atom stereocenters. The van der Waals surface area contributed by atoms with Gasteiger partial charge in [-0.2, -0.15) is 5.26 Å². The predicted molar refractivity (Wildman–Crippen MR) is 55.1 cm³/mol. The van der Waals surface area contributed by atoms with Crippen LogP contribution in [0.15, 0.2) is 24.3 Å². The molecule has 0 aliphatic rings. The van der Waals surface area contributed by atoms with E-state index >= 15 is 0 Å². The molecule has 0 aliphatic carbocycles. The van der Waals surface area contributed by atoms with Crippen molar-refractivity contribution < 1.29 is 0 Å². The summed E-state index contributed by atoms with van der Waals surface area (Å²) in [5, 5.41) is 13.3. The highest BCUT2D eigenvalue weighted by Crippen LogP contribution is 2.29. The molecule has 0 amide bonds. The minimum atomic E-state index is 0.484. The van der Waals surface area contributed by atoms with Gasteiger partial charge in [-0.15, -0.1) is 5.10 Å². The van der Waals surface area contributed by atoms with Gasteiger partial charge >= 0.3 is 0 Å². The summed E-state index contributed by atoms with van der Waals surface area (Å²) in [5.41, 5.74) is 1.31. The first-order valence-electron chi connectivity index (χ1n) is 3.80. The summed E-state index contributed by atoms with van der Waals surface area (Å²) in [5.74, 6) is 0. The Balaban J connectivity index is 2.62. The van der Waals surface area contributed by atoms with Crippen LogP contribution in [-0.2, 0) is 0 Å². The molecule has 1 aromatic heterocycles. The Morgan fingerprint density at radius 2 is 2.14 bits per heavy atom. The maximum absolute atomic E-state index is 8.80. The van der Waals surface area contributed by atoms with Crippen molar-refractivity contribution in [2.24, 2.45) is 0 Å². The Morgan fingerprint density at radius 3 is 2.86 bits per heavy atom. The van der Waals surface area contributed by atoms with Gasteiger partial charge in [0, 0.05) is 5.56 Å². The minimum absolute atomic E-state index is 0.484. The number of hydrogen-bond acceptors (Lipinski definition) is 4. The Bertz CT molecular complexity index is 501. The van der Waals surface area contributed by atoms with Crippen LogP contribution in [-0.4, -0.2) is 9.59 Å². The van der Waals surface area contributed by atoms with Crippen molar-refractivity contribution in [1.82, 2.24) is 9.59 Å². The van der Waals surface area contributed by atoms with Gasteiger partial charge in [-0.1, -0.05) is 34.3 Å². The average molecular weight is 222 g/mol. The van der Waals surface area contributed by atoms with Crippen molar-refractivity contribution in [3.63, 3.8) is 0 Å². The van der Waals surface area contributed by atoms with Gasteiger partial charge < -0.3 is 0 Å². The SMILES string of the molecule is N#Cc1snnc1-c1ccccc1Cl. The molecule has 3 nitrogen and oxygen atoms in total. The lowest BCUT2D eigenvalue weighted by molar-refractivity contribution is 1.16. The van der Waals surface area contributed by atoms with Crippen LogP contribution in [0.25, 0.3) is 11.3 Å². The van der Waals surface area contributed by atoms with E-state index in [1.54, 1.807) is 6.07 Å². The Kier molecular flexibility index (Phi) is 2.44. The lowest BCUT2D eigenvalue weighted by Gasteiger charge is -1.98. The molecule has 0 saturated heterocycles. The molecule has 0 aliphatic heterocycles. The number of benzene rings is 1. The maximum atomic E-state index is 8.80. The molecular formula is C9H4ClN3S. The molecule has 0 fully saturated rings. The van der Waals surface area contributed by atoms with E-state index in [0.717, 1.165) is 17.1 Å². The third-order valence-electron chi connectivity index (χ3n) is 1.72. The summed E-state index contributed by atoms with van der Waals surface area (Å²) in [6.45, 7) is 0. The first kappa shape index (κ1) is 9.13. The van der Waals surface area contributed by atoms with Crippen molar-refractivity contribution in [2.45, 2.75) is 0 Å². The van der Waals surface area contributed by atoms with E-state index in [-0.39, 0.29) is 0 Å². The van der Waals surface area contributed by atoms with E-state index < -0.39 is 0 Å². The van der Waals surface area contributed by atoms with Crippen LogP contribution in [0.4, 0.5) is 0 Å². The second-order valence-electron chi connectivity index (χ2n) is 2.54. The van der Waals surface area contributed by atoms with Crippen molar-refractivity contribution in [3.05, 3.63) is 34.2 Å². The zero-order valence-electron chi connectivity index (χ0n) is 6.94. The number of rotatable bonds is 1. The summed E-state index contributed by atoms with van der Waals surface area (Å²) in [4.78, 5) is 0.484. The third kappa shape index (κ3) is 1.48. The molecule has 1 aromatic carbocycles. The molecule has 0 spiro atoms. The second-order valence-corrected chi connectivity index (χ2v) is 3.70. The van der Waals surface area contributed by atoms with E-state index in [2.05, 4.69) is 9.59 Å². The molecule has 0 atom stereocenters. The van der Waals surface area contributed by atoms with Gasteiger partial charge in [0.15, 0.2) is 4.88 Å². The quantitative estimate of drug-likeness (QED) is 0.744. The fraction of sp³-hybridized carbons (Fsp3) is 0. The molecule has 0 radical (unpaired) electrons. The summed E-state index contributed by atoms with van der Waals surface area (Å²) in [7, 11) is 0. The van der Waals surface area contributed by atoms with Crippen molar-refractivity contribution >= 4 is 23.1 Å². The zero-order chi connectivity index (χ0) is 9.97. The molecule has 2 aromatic rings. The van der Waals surface area contributed by atoms with Gasteiger partial charge in [-0.05, 0) is 17.6 Å². The van der Waals surface area contributed by atoms with Crippen molar-refractivity contribution in [1.29, 1.82) is 5.26 Å². The summed E-state index contributed by atoms with van der Waals surface area (Å²) in [6.07, 6.45) is 0. The van der Waals surface area contributed by atoms with Crippen LogP contribution < -0.4 is 0 Å². The predicted octanol–water partition coefficient (Wildman–Crippen LogP) is 2.73. The molecule has 68 valence electrons. The summed E-state index contributed by atoms with van der Waals surface area (Å²) >= 11 is 7.04. The highest BCUT2D eigenvalue weighted by Gasteiger charge is 2.11. The van der Waals surface area contributed by atoms with E-state index in [1.807, 2.05) is 24.3 Å². The molecular weight excluding hydrogens is 218 g/mol. The maximum Gasteiger partial charge on any atom is 0.153 e. The normalized spacial score (nSPS) is 9.71. The zero-order valence-corrected chi connectivity index (χ0v) is 8.51. The smallest absolute Gasteiger partial charge is 0.153 e. The minimum Gasteiger partial charge on any atom is -0.191 e.